The van der Waals surface area contributed by atoms with E-state index in [1.165, 1.54) is 6.92 Å². The molecule has 2 rings (SSSR count). The number of carbonyl (C=O) groups is 2. The molecule has 0 saturated carbocycles. The van der Waals surface area contributed by atoms with E-state index in [1.807, 2.05) is 0 Å². The molecule has 28 heavy (non-hydrogen) atoms. The van der Waals surface area contributed by atoms with Crippen molar-refractivity contribution >= 4 is 17.6 Å². The maximum absolute atomic E-state index is 13.6. The lowest BCUT2D eigenvalue weighted by molar-refractivity contribution is -0.275. The molecule has 1 aliphatic heterocycles. The molecule has 0 aromatic heterocycles. The van der Waals surface area contributed by atoms with Crippen LogP contribution in [0.1, 0.15) is 26.2 Å². The van der Waals surface area contributed by atoms with Crippen LogP contribution >= 0.6 is 0 Å². The second-order valence-electron chi connectivity index (χ2n) is 6.50. The van der Waals surface area contributed by atoms with Gasteiger partial charge in [-0.1, -0.05) is 0 Å². The normalized spacial score (nSPS) is 16.4. The van der Waals surface area contributed by atoms with Crippen LogP contribution in [0.4, 0.5) is 28.0 Å². The lowest BCUT2D eigenvalue weighted by Crippen LogP contribution is -2.47. The summed E-state index contributed by atoms with van der Waals surface area (Å²) in [6.07, 6.45) is -4.68. The highest BCUT2D eigenvalue weighted by Gasteiger charge is 2.32. The number of aliphatic hydroxyl groups is 1. The number of alkyl halides is 3. The predicted octanol–water partition coefficient (Wildman–Crippen LogP) is 2.61. The van der Waals surface area contributed by atoms with Crippen molar-refractivity contribution in [3.8, 4) is 5.75 Å². The summed E-state index contributed by atoms with van der Waals surface area (Å²) in [6, 6.07) is 1.72. The van der Waals surface area contributed by atoms with Crippen molar-refractivity contribution in [1.29, 1.82) is 0 Å². The Morgan fingerprint density at radius 1 is 1.32 bits per heavy atom. The van der Waals surface area contributed by atoms with Gasteiger partial charge in [0.2, 0.25) is 5.91 Å². The fourth-order valence-corrected chi connectivity index (χ4v) is 2.79. The third kappa shape index (κ3) is 6.87. The summed E-state index contributed by atoms with van der Waals surface area (Å²) in [6.45, 7) is 2.38. The number of ether oxygens (including phenoxy) is 1. The van der Waals surface area contributed by atoms with Crippen LogP contribution in [0.3, 0.4) is 0 Å². The van der Waals surface area contributed by atoms with Gasteiger partial charge in [0.15, 0.2) is 11.6 Å². The third-order valence-corrected chi connectivity index (χ3v) is 4.07. The number of amides is 3. The van der Waals surface area contributed by atoms with Crippen LogP contribution in [0.5, 0.6) is 5.75 Å². The third-order valence-electron chi connectivity index (χ3n) is 4.07. The Kier molecular flexibility index (Phi) is 7.05. The summed E-state index contributed by atoms with van der Waals surface area (Å²) in [5.41, 5.74) is -0.0333. The first-order valence-electron chi connectivity index (χ1n) is 8.62. The van der Waals surface area contributed by atoms with Crippen LogP contribution in [0.15, 0.2) is 18.2 Å². The summed E-state index contributed by atoms with van der Waals surface area (Å²) >= 11 is 0. The number of nitrogens with one attached hydrogen (secondary N) is 2. The Hall–Kier alpha value is -2.56. The zero-order chi connectivity index (χ0) is 20.9. The number of anilines is 1. The number of hydrogen-bond acceptors (Lipinski definition) is 4. The average Bonchev–Trinajstić information content (AvgIpc) is 2.56. The van der Waals surface area contributed by atoms with E-state index < -0.39 is 30.1 Å². The van der Waals surface area contributed by atoms with Crippen LogP contribution in [-0.2, 0) is 4.79 Å². The molecule has 1 aromatic carbocycles. The number of hydrogen-bond donors (Lipinski definition) is 3. The Labute approximate surface area is 158 Å². The topological polar surface area (TPSA) is 90.9 Å². The highest BCUT2D eigenvalue weighted by atomic mass is 19.4. The molecule has 1 aliphatic rings. The molecule has 3 N–H and O–H groups in total. The number of likely N-dealkylation sites (tertiary alicyclic amines) is 1. The summed E-state index contributed by atoms with van der Waals surface area (Å²) in [7, 11) is 0. The van der Waals surface area contributed by atoms with E-state index >= 15 is 0 Å². The minimum absolute atomic E-state index is 0.0333. The molecule has 3 amide bonds. The van der Waals surface area contributed by atoms with E-state index in [2.05, 4.69) is 15.4 Å². The number of aliphatic hydroxyl groups excluding tert-OH is 1. The van der Waals surface area contributed by atoms with Gasteiger partial charge >= 0.3 is 12.4 Å². The maximum atomic E-state index is 13.6. The number of rotatable bonds is 5. The zero-order valence-corrected chi connectivity index (χ0v) is 15.1. The minimum Gasteiger partial charge on any atom is -0.403 e. The first kappa shape index (κ1) is 21.7. The minimum atomic E-state index is -5.02. The number of piperidine rings is 1. The quantitative estimate of drug-likeness (QED) is 0.655. The van der Waals surface area contributed by atoms with Crippen molar-refractivity contribution in [2.75, 3.05) is 18.4 Å². The maximum Gasteiger partial charge on any atom is 0.573 e. The number of urea groups is 1. The fourth-order valence-electron chi connectivity index (χ4n) is 2.79. The molecule has 156 valence electrons. The van der Waals surface area contributed by atoms with Gasteiger partial charge in [0.1, 0.15) is 0 Å². The molecular formula is C17H21F4N3O4. The van der Waals surface area contributed by atoms with Gasteiger partial charge in [-0.3, -0.25) is 4.79 Å². The smallest absolute Gasteiger partial charge is 0.403 e. The van der Waals surface area contributed by atoms with Crippen molar-refractivity contribution in [3.63, 3.8) is 0 Å². The molecule has 11 heteroatoms. The molecule has 7 nitrogen and oxygen atoms in total. The number of benzene rings is 1. The van der Waals surface area contributed by atoms with Crippen LogP contribution in [0.25, 0.3) is 0 Å². The molecule has 1 unspecified atom stereocenters. The molecule has 1 aromatic rings. The van der Waals surface area contributed by atoms with E-state index in [1.54, 1.807) is 4.90 Å². The SMILES string of the molecule is CC(O)CC(=O)N1CCC(NC(=O)Nc2ccc(OC(F)(F)F)c(F)c2)CC1. The summed E-state index contributed by atoms with van der Waals surface area (Å²) in [4.78, 5) is 25.5. The Morgan fingerprint density at radius 2 is 1.96 bits per heavy atom. The zero-order valence-electron chi connectivity index (χ0n) is 15.1. The molecule has 1 saturated heterocycles. The first-order valence-corrected chi connectivity index (χ1v) is 8.62. The van der Waals surface area contributed by atoms with Gasteiger partial charge in [0.05, 0.1) is 12.5 Å². The Bertz CT molecular complexity index is 704. The highest BCUT2D eigenvalue weighted by Crippen LogP contribution is 2.27. The van der Waals surface area contributed by atoms with Crippen LogP contribution in [-0.4, -0.2) is 53.5 Å². The number of halogens is 4. The van der Waals surface area contributed by atoms with Gasteiger partial charge in [0.25, 0.3) is 0 Å². The van der Waals surface area contributed by atoms with Crippen molar-refractivity contribution in [2.24, 2.45) is 0 Å². The predicted molar refractivity (Wildman–Crippen MR) is 91.1 cm³/mol. The van der Waals surface area contributed by atoms with Gasteiger partial charge in [-0.2, -0.15) is 0 Å². The molecule has 1 fully saturated rings. The summed E-state index contributed by atoms with van der Waals surface area (Å²) < 4.78 is 53.5. The van der Waals surface area contributed by atoms with Crippen LogP contribution < -0.4 is 15.4 Å². The van der Waals surface area contributed by atoms with Crippen molar-refractivity contribution in [1.82, 2.24) is 10.2 Å². The van der Waals surface area contributed by atoms with Crippen LogP contribution in [0.2, 0.25) is 0 Å². The highest BCUT2D eigenvalue weighted by molar-refractivity contribution is 5.89. The lowest BCUT2D eigenvalue weighted by Gasteiger charge is -2.32. The first-order chi connectivity index (χ1) is 13.0. The van der Waals surface area contributed by atoms with E-state index in [0.717, 1.165) is 18.2 Å². The molecule has 1 atom stereocenters. The number of carbonyl (C=O) groups excluding carboxylic acids is 2. The molecule has 0 aliphatic carbocycles. The van der Waals surface area contributed by atoms with E-state index in [0.29, 0.717) is 25.9 Å². The van der Waals surface area contributed by atoms with Gasteiger partial charge < -0.3 is 25.4 Å². The largest absolute Gasteiger partial charge is 0.573 e. The van der Waals surface area contributed by atoms with Gasteiger partial charge in [0, 0.05) is 30.9 Å². The molecule has 0 radical (unpaired) electrons. The van der Waals surface area contributed by atoms with E-state index in [-0.39, 0.29) is 24.1 Å². The van der Waals surface area contributed by atoms with Crippen molar-refractivity contribution in [3.05, 3.63) is 24.0 Å². The van der Waals surface area contributed by atoms with Gasteiger partial charge in [-0.25, -0.2) is 9.18 Å². The molecule has 0 bridgehead atoms. The molecule has 0 spiro atoms. The monoisotopic (exact) mass is 407 g/mol. The second kappa shape index (κ2) is 9.09. The standard InChI is InChI=1S/C17H21F4N3O4/c1-10(25)8-15(26)24-6-4-11(5-7-24)22-16(27)23-12-2-3-14(13(18)9-12)28-17(19,20)21/h2-3,9-11,25H,4-8H2,1H3,(H2,22,23,27). The lowest BCUT2D eigenvalue weighted by atomic mass is 10.0. The Balaban J connectivity index is 1.82. The average molecular weight is 407 g/mol. The van der Waals surface area contributed by atoms with Crippen molar-refractivity contribution < 1.29 is 37.0 Å². The Morgan fingerprint density at radius 3 is 2.50 bits per heavy atom. The van der Waals surface area contributed by atoms with Crippen molar-refractivity contribution in [2.45, 2.75) is 44.7 Å². The van der Waals surface area contributed by atoms with E-state index in [9.17, 15) is 32.3 Å². The molecule has 1 heterocycles. The summed E-state index contributed by atoms with van der Waals surface area (Å²) in [5.74, 6) is -2.41. The molecular weight excluding hydrogens is 386 g/mol. The number of nitrogens with zero attached hydrogens (tertiary/aromatic N) is 1. The fraction of sp³-hybridized carbons (Fsp3) is 0.529. The second-order valence-corrected chi connectivity index (χ2v) is 6.50. The van der Waals surface area contributed by atoms with E-state index in [4.69, 9.17) is 0 Å². The summed E-state index contributed by atoms with van der Waals surface area (Å²) in [5, 5.41) is 14.3. The van der Waals surface area contributed by atoms with Crippen LogP contribution in [0, 0.1) is 5.82 Å². The van der Waals surface area contributed by atoms with Gasteiger partial charge in [-0.05, 0) is 31.9 Å². The van der Waals surface area contributed by atoms with Gasteiger partial charge in [-0.15, -0.1) is 13.2 Å².